The summed E-state index contributed by atoms with van der Waals surface area (Å²) in [5.74, 6) is -0.475. The Labute approximate surface area is 99.7 Å². The Hall–Kier alpha value is -0.250. The maximum Gasteiger partial charge on any atom is 0.303 e. The lowest BCUT2D eigenvalue weighted by molar-refractivity contribution is -0.138. The summed E-state index contributed by atoms with van der Waals surface area (Å²) in [7, 11) is 0. The minimum atomic E-state index is -0.721. The van der Waals surface area contributed by atoms with Gasteiger partial charge < -0.3 is 5.11 Å². The number of carboxylic acid groups (broad SMARTS) is 1. The summed E-state index contributed by atoms with van der Waals surface area (Å²) in [4.78, 5) is 12.7. The summed E-state index contributed by atoms with van der Waals surface area (Å²) in [6, 6.07) is 0. The zero-order valence-corrected chi connectivity index (χ0v) is 9.97. The van der Waals surface area contributed by atoms with Crippen molar-refractivity contribution < 1.29 is 9.90 Å². The Bertz CT molecular complexity index is 256. The Morgan fingerprint density at radius 1 is 1.60 bits per heavy atom. The molecule has 1 aliphatic heterocycles. The third kappa shape index (κ3) is 4.87. The van der Waals surface area contributed by atoms with Gasteiger partial charge in [-0.1, -0.05) is 23.2 Å². The normalized spacial score (nSPS) is 24.1. The fraction of sp³-hybridized carbons (Fsp3) is 0.700. The fourth-order valence-corrected chi connectivity index (χ4v) is 2.19. The number of piperidine rings is 1. The molecule has 0 spiro atoms. The number of rotatable bonds is 4. The number of carbonyl (C=O) groups is 1. The van der Waals surface area contributed by atoms with E-state index in [2.05, 4.69) is 4.90 Å². The van der Waals surface area contributed by atoms with Crippen LogP contribution in [0.3, 0.4) is 0 Å². The van der Waals surface area contributed by atoms with Crippen molar-refractivity contribution in [3.8, 4) is 0 Å². The topological polar surface area (TPSA) is 40.5 Å². The molecule has 0 aromatic carbocycles. The van der Waals surface area contributed by atoms with Gasteiger partial charge in [0.2, 0.25) is 0 Å². The molecule has 0 amide bonds. The van der Waals surface area contributed by atoms with Crippen molar-refractivity contribution in [2.45, 2.75) is 19.3 Å². The predicted molar refractivity (Wildman–Crippen MR) is 61.2 cm³/mol. The van der Waals surface area contributed by atoms with E-state index >= 15 is 0 Å². The van der Waals surface area contributed by atoms with E-state index in [0.717, 1.165) is 25.9 Å². The molecule has 0 saturated carbocycles. The highest BCUT2D eigenvalue weighted by atomic mass is 35.5. The maximum atomic E-state index is 10.6. The molecule has 0 radical (unpaired) electrons. The van der Waals surface area contributed by atoms with Gasteiger partial charge in [-0.05, 0) is 25.3 Å². The van der Waals surface area contributed by atoms with E-state index in [4.69, 9.17) is 28.3 Å². The highest BCUT2D eigenvalue weighted by Gasteiger charge is 2.22. The average Bonchev–Trinajstić information content (AvgIpc) is 2.17. The van der Waals surface area contributed by atoms with Crippen molar-refractivity contribution in [2.24, 2.45) is 5.92 Å². The third-order valence-corrected chi connectivity index (χ3v) is 3.16. The quantitative estimate of drug-likeness (QED) is 0.835. The summed E-state index contributed by atoms with van der Waals surface area (Å²) in [6.07, 6.45) is 2.27. The molecule has 1 rings (SSSR count). The summed E-state index contributed by atoms with van der Waals surface area (Å²) in [5.41, 5.74) is 1.36. The van der Waals surface area contributed by atoms with Crippen molar-refractivity contribution in [3.63, 3.8) is 0 Å². The lowest BCUT2D eigenvalue weighted by atomic mass is 9.95. The summed E-state index contributed by atoms with van der Waals surface area (Å²) in [5, 5.41) is 9.31. The Morgan fingerprint density at radius 2 is 2.33 bits per heavy atom. The smallest absolute Gasteiger partial charge is 0.303 e. The van der Waals surface area contributed by atoms with Crippen LogP contribution >= 0.6 is 23.2 Å². The lowest BCUT2D eigenvalue weighted by Crippen LogP contribution is -2.36. The largest absolute Gasteiger partial charge is 0.481 e. The van der Waals surface area contributed by atoms with Crippen LogP contribution in [-0.4, -0.2) is 35.6 Å². The van der Waals surface area contributed by atoms with Gasteiger partial charge in [-0.15, -0.1) is 0 Å². The van der Waals surface area contributed by atoms with Crippen LogP contribution in [0.5, 0.6) is 0 Å². The number of carboxylic acids is 1. The molecule has 1 heterocycles. The van der Waals surface area contributed by atoms with Crippen molar-refractivity contribution >= 4 is 29.2 Å². The van der Waals surface area contributed by atoms with Gasteiger partial charge in [-0.2, -0.15) is 0 Å². The van der Waals surface area contributed by atoms with Gasteiger partial charge in [-0.25, -0.2) is 0 Å². The molecular weight excluding hydrogens is 237 g/mol. The van der Waals surface area contributed by atoms with Crippen molar-refractivity contribution in [2.75, 3.05) is 19.6 Å². The zero-order chi connectivity index (χ0) is 11.3. The molecule has 1 N–H and O–H groups in total. The highest BCUT2D eigenvalue weighted by Crippen LogP contribution is 2.21. The predicted octanol–water partition coefficient (Wildman–Crippen LogP) is 2.49. The Balaban J connectivity index is 2.38. The number of hydrogen-bond acceptors (Lipinski definition) is 2. The minimum Gasteiger partial charge on any atom is -0.481 e. The number of nitrogens with zero attached hydrogens (tertiary/aromatic N) is 1. The van der Waals surface area contributed by atoms with Gasteiger partial charge in [0.1, 0.15) is 0 Å². The Kier molecular flexibility index (Phi) is 5.43. The maximum absolute atomic E-state index is 10.6. The van der Waals surface area contributed by atoms with E-state index in [9.17, 15) is 4.79 Å². The lowest BCUT2D eigenvalue weighted by Gasteiger charge is -2.31. The highest BCUT2D eigenvalue weighted by molar-refractivity contribution is 6.36. The van der Waals surface area contributed by atoms with Crippen LogP contribution < -0.4 is 0 Å². The molecule has 86 valence electrons. The van der Waals surface area contributed by atoms with E-state index in [1.54, 1.807) is 0 Å². The molecule has 5 heteroatoms. The molecule has 1 fully saturated rings. The molecule has 0 aromatic rings. The molecule has 0 bridgehead atoms. The SMILES string of the molecule is O=C(O)CC1CCCN(CC(Cl)=CCl)C1. The first-order chi connectivity index (χ1) is 7.11. The van der Waals surface area contributed by atoms with Crippen LogP contribution in [0.1, 0.15) is 19.3 Å². The molecule has 3 nitrogen and oxygen atoms in total. The zero-order valence-electron chi connectivity index (χ0n) is 8.46. The minimum absolute atomic E-state index is 0.246. The van der Waals surface area contributed by atoms with E-state index in [1.165, 1.54) is 5.54 Å². The van der Waals surface area contributed by atoms with Crippen LogP contribution in [0.15, 0.2) is 10.6 Å². The second-order valence-corrected chi connectivity index (χ2v) is 4.60. The van der Waals surface area contributed by atoms with E-state index in [0.29, 0.717) is 11.6 Å². The van der Waals surface area contributed by atoms with E-state index in [-0.39, 0.29) is 12.3 Å². The Morgan fingerprint density at radius 3 is 2.93 bits per heavy atom. The summed E-state index contributed by atoms with van der Waals surface area (Å²) in [6.45, 7) is 2.39. The number of aliphatic carboxylic acids is 1. The van der Waals surface area contributed by atoms with Crippen LogP contribution in [0.25, 0.3) is 0 Å². The van der Waals surface area contributed by atoms with Crippen LogP contribution in [-0.2, 0) is 4.79 Å². The summed E-state index contributed by atoms with van der Waals surface area (Å²) >= 11 is 11.3. The molecule has 1 atom stereocenters. The number of hydrogen-bond donors (Lipinski definition) is 1. The third-order valence-electron chi connectivity index (χ3n) is 2.56. The fourth-order valence-electron chi connectivity index (χ4n) is 1.96. The molecule has 0 aliphatic carbocycles. The van der Waals surface area contributed by atoms with Gasteiger partial charge in [0.05, 0.1) is 0 Å². The van der Waals surface area contributed by atoms with Crippen molar-refractivity contribution in [1.82, 2.24) is 4.90 Å². The van der Waals surface area contributed by atoms with E-state index in [1.807, 2.05) is 0 Å². The molecule has 15 heavy (non-hydrogen) atoms. The van der Waals surface area contributed by atoms with Gasteiger partial charge in [0.15, 0.2) is 0 Å². The summed E-state index contributed by atoms with van der Waals surface area (Å²) < 4.78 is 0. The first-order valence-electron chi connectivity index (χ1n) is 5.00. The molecule has 1 unspecified atom stereocenters. The van der Waals surface area contributed by atoms with Gasteiger partial charge >= 0.3 is 5.97 Å². The molecule has 1 aliphatic rings. The van der Waals surface area contributed by atoms with Gasteiger partial charge in [0.25, 0.3) is 0 Å². The monoisotopic (exact) mass is 251 g/mol. The second-order valence-electron chi connectivity index (χ2n) is 3.90. The molecule has 0 aromatic heterocycles. The number of halogens is 2. The van der Waals surface area contributed by atoms with Crippen LogP contribution in [0.4, 0.5) is 0 Å². The van der Waals surface area contributed by atoms with Crippen molar-refractivity contribution in [3.05, 3.63) is 10.6 Å². The van der Waals surface area contributed by atoms with Gasteiger partial charge in [0, 0.05) is 30.1 Å². The number of likely N-dealkylation sites (tertiary alicyclic amines) is 1. The second kappa shape index (κ2) is 6.36. The van der Waals surface area contributed by atoms with Gasteiger partial charge in [-0.3, -0.25) is 9.69 Å². The standard InChI is InChI=1S/C10H15Cl2NO2/c11-5-9(12)7-13-3-1-2-8(6-13)4-10(14)15/h5,8H,1-4,6-7H2,(H,14,15). The first-order valence-corrected chi connectivity index (χ1v) is 5.82. The van der Waals surface area contributed by atoms with Crippen molar-refractivity contribution in [1.29, 1.82) is 0 Å². The molecule has 1 saturated heterocycles. The first kappa shape index (κ1) is 12.8. The molecular formula is C10H15Cl2NO2. The van der Waals surface area contributed by atoms with E-state index < -0.39 is 5.97 Å². The van der Waals surface area contributed by atoms with Crippen LogP contribution in [0, 0.1) is 5.92 Å². The average molecular weight is 252 g/mol. The van der Waals surface area contributed by atoms with Crippen LogP contribution in [0.2, 0.25) is 0 Å².